The predicted octanol–water partition coefficient (Wildman–Crippen LogP) is 5.31. The Morgan fingerprint density at radius 3 is 2.45 bits per heavy atom. The van der Waals surface area contributed by atoms with Gasteiger partial charge in [0.25, 0.3) is 5.91 Å². The summed E-state index contributed by atoms with van der Waals surface area (Å²) in [6.45, 7) is 2.46. The Bertz CT molecular complexity index is 1010. The zero-order valence-electron chi connectivity index (χ0n) is 16.2. The number of methoxy groups -OCH3 is 1. The minimum Gasteiger partial charge on any atom is -0.494 e. The van der Waals surface area contributed by atoms with Gasteiger partial charge in [0.1, 0.15) is 12.4 Å². The van der Waals surface area contributed by atoms with Crippen molar-refractivity contribution in [1.82, 2.24) is 5.32 Å². The number of carbonyl (C=O) groups is 1. The van der Waals surface area contributed by atoms with Crippen LogP contribution in [-0.2, 0) is 13.2 Å². The van der Waals surface area contributed by atoms with Gasteiger partial charge in [0.15, 0.2) is 11.6 Å². The normalized spacial score (nSPS) is 10.5. The van der Waals surface area contributed by atoms with E-state index in [0.717, 1.165) is 11.1 Å². The van der Waals surface area contributed by atoms with Gasteiger partial charge in [-0.25, -0.2) is 4.39 Å². The van der Waals surface area contributed by atoms with Crippen molar-refractivity contribution in [3.63, 3.8) is 0 Å². The Morgan fingerprint density at radius 1 is 1.03 bits per heavy atom. The zero-order valence-corrected chi connectivity index (χ0v) is 16.9. The third kappa shape index (κ3) is 5.27. The van der Waals surface area contributed by atoms with E-state index in [9.17, 15) is 9.18 Å². The van der Waals surface area contributed by atoms with Crippen LogP contribution in [0.25, 0.3) is 0 Å². The van der Waals surface area contributed by atoms with Crippen molar-refractivity contribution < 1.29 is 18.7 Å². The van der Waals surface area contributed by atoms with Crippen LogP contribution in [0.5, 0.6) is 11.5 Å². The number of rotatable bonds is 7. The molecule has 0 saturated carbocycles. The van der Waals surface area contributed by atoms with E-state index in [2.05, 4.69) is 5.32 Å². The molecule has 0 saturated heterocycles. The van der Waals surface area contributed by atoms with Gasteiger partial charge in [-0.3, -0.25) is 4.79 Å². The summed E-state index contributed by atoms with van der Waals surface area (Å²) in [5.74, 6) is -0.348. The summed E-state index contributed by atoms with van der Waals surface area (Å²) >= 11 is 6.26. The van der Waals surface area contributed by atoms with Crippen molar-refractivity contribution in [1.29, 1.82) is 0 Å². The molecule has 1 amide bonds. The van der Waals surface area contributed by atoms with Crippen LogP contribution in [0.15, 0.2) is 60.7 Å². The molecule has 0 aliphatic carbocycles. The number of halogens is 2. The van der Waals surface area contributed by atoms with Gasteiger partial charge >= 0.3 is 0 Å². The molecule has 0 spiro atoms. The molecule has 0 aliphatic heterocycles. The summed E-state index contributed by atoms with van der Waals surface area (Å²) in [5.41, 5.74) is 2.99. The highest BCUT2D eigenvalue weighted by molar-refractivity contribution is 6.34. The predicted molar refractivity (Wildman–Crippen MR) is 111 cm³/mol. The SMILES string of the molecule is COc1ccc(CNC(=O)c2c(Cl)cccc2OCc2ccc(C)cc2)cc1F. The Kier molecular flexibility index (Phi) is 6.73. The van der Waals surface area contributed by atoms with E-state index in [0.29, 0.717) is 17.9 Å². The lowest BCUT2D eigenvalue weighted by Crippen LogP contribution is -2.24. The maximum absolute atomic E-state index is 13.8. The molecule has 0 atom stereocenters. The summed E-state index contributed by atoms with van der Waals surface area (Å²) in [6.07, 6.45) is 0. The second kappa shape index (κ2) is 9.43. The highest BCUT2D eigenvalue weighted by Crippen LogP contribution is 2.27. The fraction of sp³-hybridized carbons (Fsp3) is 0.174. The number of benzene rings is 3. The fourth-order valence-electron chi connectivity index (χ4n) is 2.78. The number of amides is 1. The molecule has 0 heterocycles. The molecule has 0 bridgehead atoms. The molecule has 3 aromatic rings. The third-order valence-electron chi connectivity index (χ3n) is 4.39. The third-order valence-corrected chi connectivity index (χ3v) is 4.70. The molecule has 0 aliphatic rings. The molecule has 29 heavy (non-hydrogen) atoms. The lowest BCUT2D eigenvalue weighted by Gasteiger charge is -2.14. The van der Waals surface area contributed by atoms with E-state index >= 15 is 0 Å². The molecule has 3 aromatic carbocycles. The van der Waals surface area contributed by atoms with E-state index in [1.165, 1.54) is 19.2 Å². The molecule has 0 unspecified atom stereocenters. The van der Waals surface area contributed by atoms with E-state index < -0.39 is 11.7 Å². The lowest BCUT2D eigenvalue weighted by atomic mass is 10.1. The van der Waals surface area contributed by atoms with Crippen LogP contribution in [0, 0.1) is 12.7 Å². The van der Waals surface area contributed by atoms with Gasteiger partial charge in [-0.1, -0.05) is 53.6 Å². The molecule has 6 heteroatoms. The number of ether oxygens (including phenoxy) is 2. The average molecular weight is 414 g/mol. The van der Waals surface area contributed by atoms with E-state index in [4.69, 9.17) is 21.1 Å². The molecule has 0 aromatic heterocycles. The minimum atomic E-state index is -0.487. The fourth-order valence-corrected chi connectivity index (χ4v) is 3.03. The van der Waals surface area contributed by atoms with Gasteiger partial charge in [0.05, 0.1) is 17.7 Å². The average Bonchev–Trinajstić information content (AvgIpc) is 2.71. The second-order valence-electron chi connectivity index (χ2n) is 6.54. The van der Waals surface area contributed by atoms with Crippen LogP contribution in [0.1, 0.15) is 27.0 Å². The van der Waals surface area contributed by atoms with Crippen molar-refractivity contribution in [3.8, 4) is 11.5 Å². The van der Waals surface area contributed by atoms with E-state index in [1.807, 2.05) is 31.2 Å². The topological polar surface area (TPSA) is 47.6 Å². The number of hydrogen-bond acceptors (Lipinski definition) is 3. The van der Waals surface area contributed by atoms with E-state index in [-0.39, 0.29) is 22.9 Å². The Hall–Kier alpha value is -3.05. The molecular formula is C23H21ClFNO3. The Balaban J connectivity index is 1.71. The highest BCUT2D eigenvalue weighted by Gasteiger charge is 2.17. The van der Waals surface area contributed by atoms with Crippen molar-refractivity contribution in [2.45, 2.75) is 20.1 Å². The summed E-state index contributed by atoms with van der Waals surface area (Å²) in [5, 5.41) is 3.04. The smallest absolute Gasteiger partial charge is 0.256 e. The van der Waals surface area contributed by atoms with Crippen molar-refractivity contribution in [2.24, 2.45) is 0 Å². The van der Waals surface area contributed by atoms with Crippen LogP contribution < -0.4 is 14.8 Å². The first-order chi connectivity index (χ1) is 14.0. The molecule has 1 N–H and O–H groups in total. The summed E-state index contributed by atoms with van der Waals surface area (Å²) in [4.78, 5) is 12.7. The van der Waals surface area contributed by atoms with Crippen LogP contribution in [-0.4, -0.2) is 13.0 Å². The molecule has 4 nitrogen and oxygen atoms in total. The van der Waals surface area contributed by atoms with Gasteiger partial charge < -0.3 is 14.8 Å². The van der Waals surface area contributed by atoms with Crippen molar-refractivity contribution in [2.75, 3.05) is 7.11 Å². The highest BCUT2D eigenvalue weighted by atomic mass is 35.5. The second-order valence-corrected chi connectivity index (χ2v) is 6.95. The Labute approximate surface area is 174 Å². The van der Waals surface area contributed by atoms with Gasteiger partial charge in [-0.2, -0.15) is 0 Å². The largest absolute Gasteiger partial charge is 0.494 e. The van der Waals surface area contributed by atoms with E-state index in [1.54, 1.807) is 24.3 Å². The molecule has 0 radical (unpaired) electrons. The minimum absolute atomic E-state index is 0.141. The van der Waals surface area contributed by atoms with Crippen LogP contribution in [0.4, 0.5) is 4.39 Å². The Morgan fingerprint density at radius 2 is 1.76 bits per heavy atom. The maximum atomic E-state index is 13.8. The molecular weight excluding hydrogens is 393 g/mol. The number of hydrogen-bond donors (Lipinski definition) is 1. The first-order valence-corrected chi connectivity index (χ1v) is 9.43. The first-order valence-electron chi connectivity index (χ1n) is 9.05. The number of nitrogens with one attached hydrogen (secondary N) is 1. The van der Waals surface area contributed by atoms with Gasteiger partial charge in [-0.05, 0) is 42.3 Å². The van der Waals surface area contributed by atoms with Crippen LogP contribution >= 0.6 is 11.6 Å². The van der Waals surface area contributed by atoms with Crippen molar-refractivity contribution in [3.05, 3.63) is 93.8 Å². The van der Waals surface area contributed by atoms with Gasteiger partial charge in [-0.15, -0.1) is 0 Å². The standard InChI is InChI=1S/C23H21ClFNO3/c1-15-6-8-16(9-7-15)14-29-21-5-3-4-18(24)22(21)23(27)26-13-17-10-11-20(28-2)19(25)12-17/h3-12H,13-14H2,1-2H3,(H,26,27). The maximum Gasteiger partial charge on any atom is 0.256 e. The molecule has 3 rings (SSSR count). The molecule has 150 valence electrons. The monoisotopic (exact) mass is 413 g/mol. The first kappa shape index (κ1) is 20.7. The van der Waals surface area contributed by atoms with Gasteiger partial charge in [0.2, 0.25) is 0 Å². The van der Waals surface area contributed by atoms with Crippen molar-refractivity contribution >= 4 is 17.5 Å². The van der Waals surface area contributed by atoms with Crippen LogP contribution in [0.2, 0.25) is 5.02 Å². The summed E-state index contributed by atoms with van der Waals surface area (Å²) < 4.78 is 24.6. The van der Waals surface area contributed by atoms with Gasteiger partial charge in [0, 0.05) is 6.54 Å². The number of carbonyl (C=O) groups excluding carboxylic acids is 1. The zero-order chi connectivity index (χ0) is 20.8. The van der Waals surface area contributed by atoms with Crippen LogP contribution in [0.3, 0.4) is 0 Å². The summed E-state index contributed by atoms with van der Waals surface area (Å²) in [7, 11) is 1.40. The molecule has 0 fully saturated rings. The number of aryl methyl sites for hydroxylation is 1. The quantitative estimate of drug-likeness (QED) is 0.571. The summed E-state index contributed by atoms with van der Waals surface area (Å²) in [6, 6.07) is 17.5. The lowest BCUT2D eigenvalue weighted by molar-refractivity contribution is 0.0946.